The van der Waals surface area contributed by atoms with Gasteiger partial charge in [0.15, 0.2) is 5.78 Å². The molecule has 2 atom stereocenters. The second kappa shape index (κ2) is 4.31. The van der Waals surface area contributed by atoms with Crippen LogP contribution in [0.1, 0.15) is 20.8 Å². The third kappa shape index (κ3) is 2.34. The quantitative estimate of drug-likeness (QED) is 0.667. The van der Waals surface area contributed by atoms with Crippen LogP contribution in [-0.2, 0) is 37.5 Å². The Bertz CT molecular complexity index is 191. The summed E-state index contributed by atoms with van der Waals surface area (Å²) in [5, 5.41) is 3.79. The van der Waals surface area contributed by atoms with E-state index in [2.05, 4.69) is 10.5 Å². The Morgan fingerprint density at radius 2 is 2.09 bits per heavy atom. The number of hydrogen-bond acceptors (Lipinski definition) is 2. The molecule has 0 N–H and O–H groups in total. The standard InChI is InChI=1S/C7H12N2O.Y/c1-4-5(2)8-9-7(4)6(3)10;/h4-5H,1-3H3,(H,8,10);/p-1. The van der Waals surface area contributed by atoms with Crippen molar-refractivity contribution in [3.05, 3.63) is 5.43 Å². The van der Waals surface area contributed by atoms with Crippen molar-refractivity contribution in [2.75, 3.05) is 0 Å². The fourth-order valence-electron chi connectivity index (χ4n) is 0.964. The van der Waals surface area contributed by atoms with Gasteiger partial charge in [-0.05, 0) is 5.92 Å². The average molecular weight is 228 g/mol. The van der Waals surface area contributed by atoms with Crippen molar-refractivity contribution in [1.82, 2.24) is 0 Å². The fraction of sp³-hybridized carbons (Fsp3) is 0.714. The zero-order chi connectivity index (χ0) is 7.72. The SMILES string of the molecule is CC(=O)C1=N[N-]C(C)C1C.[Y]. The van der Waals surface area contributed by atoms with E-state index in [0.29, 0.717) is 5.71 Å². The topological polar surface area (TPSA) is 43.5 Å². The molecule has 1 rings (SSSR count). The van der Waals surface area contributed by atoms with Gasteiger partial charge >= 0.3 is 0 Å². The largest absolute Gasteiger partial charge is 0.599 e. The molecule has 59 valence electrons. The van der Waals surface area contributed by atoms with Gasteiger partial charge < -0.3 is 10.5 Å². The van der Waals surface area contributed by atoms with Crippen LogP contribution in [0.5, 0.6) is 0 Å². The summed E-state index contributed by atoms with van der Waals surface area (Å²) >= 11 is 0. The van der Waals surface area contributed by atoms with Crippen molar-refractivity contribution in [1.29, 1.82) is 0 Å². The molecular formula is C7H11N2OY-. The molecule has 0 saturated heterocycles. The monoisotopic (exact) mass is 228 g/mol. The second-order valence-corrected chi connectivity index (χ2v) is 2.69. The van der Waals surface area contributed by atoms with Crippen molar-refractivity contribution < 1.29 is 37.5 Å². The van der Waals surface area contributed by atoms with Gasteiger partial charge in [0.2, 0.25) is 0 Å². The first-order chi connectivity index (χ1) is 4.63. The normalized spacial score (nSPS) is 28.5. The minimum Gasteiger partial charge on any atom is -0.599 e. The van der Waals surface area contributed by atoms with Crippen molar-refractivity contribution in [3.8, 4) is 0 Å². The van der Waals surface area contributed by atoms with Gasteiger partial charge in [-0.2, -0.15) is 0 Å². The van der Waals surface area contributed by atoms with Gasteiger partial charge in [-0.1, -0.05) is 13.8 Å². The smallest absolute Gasteiger partial charge is 0.172 e. The molecule has 1 heterocycles. The molecule has 11 heavy (non-hydrogen) atoms. The minimum atomic E-state index is 0. The van der Waals surface area contributed by atoms with E-state index < -0.39 is 0 Å². The molecular weight excluding hydrogens is 217 g/mol. The molecule has 1 aliphatic heterocycles. The first-order valence-corrected chi connectivity index (χ1v) is 3.41. The third-order valence-corrected chi connectivity index (χ3v) is 1.86. The van der Waals surface area contributed by atoms with E-state index in [1.807, 2.05) is 13.8 Å². The third-order valence-electron chi connectivity index (χ3n) is 1.86. The van der Waals surface area contributed by atoms with E-state index in [1.54, 1.807) is 0 Å². The van der Waals surface area contributed by atoms with E-state index in [0.717, 1.165) is 0 Å². The molecule has 0 aliphatic carbocycles. The Hall–Kier alpha value is 0.244. The summed E-state index contributed by atoms with van der Waals surface area (Å²) in [6.45, 7) is 5.47. The number of rotatable bonds is 1. The van der Waals surface area contributed by atoms with E-state index in [4.69, 9.17) is 0 Å². The van der Waals surface area contributed by atoms with Crippen LogP contribution in [0.2, 0.25) is 0 Å². The summed E-state index contributed by atoms with van der Waals surface area (Å²) in [5.41, 5.74) is 4.51. The maximum Gasteiger partial charge on any atom is 0.172 e. The van der Waals surface area contributed by atoms with Gasteiger partial charge in [0.25, 0.3) is 0 Å². The summed E-state index contributed by atoms with van der Waals surface area (Å²) in [6, 6.07) is 0.180. The van der Waals surface area contributed by atoms with Crippen LogP contribution in [0.25, 0.3) is 5.43 Å². The predicted octanol–water partition coefficient (Wildman–Crippen LogP) is 1.34. The number of hydrogen-bond donors (Lipinski definition) is 0. The molecule has 0 spiro atoms. The zero-order valence-corrected chi connectivity index (χ0v) is 9.87. The first-order valence-electron chi connectivity index (χ1n) is 3.41. The van der Waals surface area contributed by atoms with Crippen LogP contribution in [-0.4, -0.2) is 17.5 Å². The van der Waals surface area contributed by atoms with Gasteiger partial charge in [-0.3, -0.25) is 4.79 Å². The van der Waals surface area contributed by atoms with Crippen molar-refractivity contribution in [2.24, 2.45) is 11.0 Å². The van der Waals surface area contributed by atoms with Crippen molar-refractivity contribution >= 4 is 11.5 Å². The summed E-state index contributed by atoms with van der Waals surface area (Å²) in [7, 11) is 0. The Kier molecular flexibility index (Phi) is 4.41. The molecule has 1 aliphatic rings. The van der Waals surface area contributed by atoms with E-state index >= 15 is 0 Å². The van der Waals surface area contributed by atoms with E-state index in [1.165, 1.54) is 6.92 Å². The van der Waals surface area contributed by atoms with Crippen LogP contribution < -0.4 is 0 Å². The Balaban J connectivity index is 0.000001000. The molecule has 0 bridgehead atoms. The van der Waals surface area contributed by atoms with Gasteiger partial charge in [0.05, 0.1) is 5.71 Å². The predicted molar refractivity (Wildman–Crippen MR) is 40.1 cm³/mol. The van der Waals surface area contributed by atoms with Gasteiger partial charge in [0.1, 0.15) is 0 Å². The molecule has 3 nitrogen and oxygen atoms in total. The van der Waals surface area contributed by atoms with Crippen molar-refractivity contribution in [2.45, 2.75) is 26.8 Å². The molecule has 0 aromatic heterocycles. The number of carbonyl (C=O) groups is 1. The Morgan fingerprint density at radius 3 is 2.27 bits per heavy atom. The summed E-state index contributed by atoms with van der Waals surface area (Å²) in [6.07, 6.45) is 0. The molecule has 0 fully saturated rings. The van der Waals surface area contributed by atoms with Gasteiger partial charge in [0, 0.05) is 39.6 Å². The van der Waals surface area contributed by atoms with Crippen LogP contribution in [0.3, 0.4) is 0 Å². The van der Waals surface area contributed by atoms with Crippen molar-refractivity contribution in [3.63, 3.8) is 0 Å². The summed E-state index contributed by atoms with van der Waals surface area (Å²) in [5.74, 6) is 0.248. The Labute approximate surface area is 91.9 Å². The first kappa shape index (κ1) is 11.2. The molecule has 0 saturated carbocycles. The van der Waals surface area contributed by atoms with Crippen LogP contribution in [0, 0.1) is 5.92 Å². The summed E-state index contributed by atoms with van der Waals surface area (Å²) < 4.78 is 0. The molecule has 0 aromatic carbocycles. The molecule has 0 amide bonds. The number of nitrogens with zero attached hydrogens (tertiary/aromatic N) is 2. The molecule has 2 unspecified atom stereocenters. The Morgan fingerprint density at radius 1 is 1.55 bits per heavy atom. The maximum atomic E-state index is 10.8. The van der Waals surface area contributed by atoms with Gasteiger partial charge in [-0.15, -0.1) is 6.04 Å². The second-order valence-electron chi connectivity index (χ2n) is 2.69. The van der Waals surface area contributed by atoms with E-state index in [9.17, 15) is 4.79 Å². The fourth-order valence-corrected chi connectivity index (χ4v) is 0.964. The maximum absolute atomic E-state index is 10.8. The minimum absolute atomic E-state index is 0. The average Bonchev–Trinajstić information content (AvgIpc) is 2.14. The number of ketones is 1. The number of carbonyl (C=O) groups excluding carboxylic acids is 1. The van der Waals surface area contributed by atoms with Gasteiger partial charge in [-0.25, -0.2) is 0 Å². The van der Waals surface area contributed by atoms with Crippen LogP contribution in [0.4, 0.5) is 0 Å². The van der Waals surface area contributed by atoms with E-state index in [-0.39, 0.29) is 50.5 Å². The van der Waals surface area contributed by atoms with Crippen LogP contribution >= 0.6 is 0 Å². The molecule has 4 heteroatoms. The zero-order valence-electron chi connectivity index (χ0n) is 7.03. The molecule has 0 aromatic rings. The summed E-state index contributed by atoms with van der Waals surface area (Å²) in [4.78, 5) is 10.8. The van der Waals surface area contributed by atoms with Crippen LogP contribution in [0.15, 0.2) is 5.10 Å². The number of Topliss-reactive ketones (excluding diaryl/α,β-unsaturated/α-hetero) is 1. The molecule has 1 radical (unpaired) electrons.